The van der Waals surface area contributed by atoms with Gasteiger partial charge in [0, 0.05) is 0 Å². The van der Waals surface area contributed by atoms with E-state index in [1.54, 1.807) is 38.5 Å². The molecule has 5 aromatic rings. The fourth-order valence-electron chi connectivity index (χ4n) is 8.69. The Balaban J connectivity index is 1.55. The topological polar surface area (TPSA) is 82.1 Å². The average molecular weight is 648 g/mol. The van der Waals surface area contributed by atoms with Crippen molar-refractivity contribution in [2.24, 2.45) is 11.8 Å². The molecule has 5 aromatic carbocycles. The second-order valence-corrected chi connectivity index (χ2v) is 12.5. The number of fused-ring (bicyclic) bond motifs is 5. The van der Waals surface area contributed by atoms with Gasteiger partial charge in [0.15, 0.2) is 5.78 Å². The number of hydrogen-bond donors (Lipinski definition) is 0. The summed E-state index contributed by atoms with van der Waals surface area (Å²) in [5.41, 5.74) is 1.55. The Kier molecular flexibility index (Phi) is 7.03. The first-order chi connectivity index (χ1) is 23.9. The van der Waals surface area contributed by atoms with E-state index in [1.165, 1.54) is 12.0 Å². The van der Waals surface area contributed by atoms with Gasteiger partial charge in [-0.25, -0.2) is 4.90 Å². The number of benzene rings is 5. The molecule has 8 rings (SSSR count). The number of anilines is 1. The number of allylic oxidation sites excluding steroid dienone is 2. The van der Waals surface area contributed by atoms with E-state index in [-0.39, 0.29) is 5.78 Å². The van der Waals surface area contributed by atoms with Crippen molar-refractivity contribution in [3.05, 3.63) is 156 Å². The van der Waals surface area contributed by atoms with Gasteiger partial charge >= 0.3 is 0 Å². The Morgan fingerprint density at radius 2 is 0.898 bits per heavy atom. The van der Waals surface area contributed by atoms with E-state index >= 15 is 14.4 Å². The van der Waals surface area contributed by atoms with E-state index in [1.807, 2.05) is 109 Å². The number of methoxy groups -OCH3 is 3. The Morgan fingerprint density at radius 3 is 1.31 bits per heavy atom. The van der Waals surface area contributed by atoms with Crippen molar-refractivity contribution in [1.82, 2.24) is 0 Å². The molecule has 3 aliphatic rings. The zero-order valence-corrected chi connectivity index (χ0v) is 27.3. The van der Waals surface area contributed by atoms with Crippen molar-refractivity contribution < 1.29 is 28.6 Å². The summed E-state index contributed by atoms with van der Waals surface area (Å²) in [5.74, 6) is -1.44. The van der Waals surface area contributed by atoms with Crippen molar-refractivity contribution >= 4 is 34.4 Å². The van der Waals surface area contributed by atoms with Crippen LogP contribution in [0.4, 0.5) is 5.69 Å². The maximum Gasteiger partial charge on any atom is 0.239 e. The molecule has 49 heavy (non-hydrogen) atoms. The summed E-state index contributed by atoms with van der Waals surface area (Å²) < 4.78 is 16.7. The van der Waals surface area contributed by atoms with E-state index in [2.05, 4.69) is 0 Å². The second-order valence-electron chi connectivity index (χ2n) is 12.5. The van der Waals surface area contributed by atoms with Crippen LogP contribution in [0.25, 0.3) is 11.1 Å². The van der Waals surface area contributed by atoms with Crippen LogP contribution in [0.1, 0.15) is 22.3 Å². The molecule has 2 aliphatic carbocycles. The highest BCUT2D eigenvalue weighted by atomic mass is 16.5. The van der Waals surface area contributed by atoms with Gasteiger partial charge in [-0.15, -0.1) is 0 Å². The predicted octanol–water partition coefficient (Wildman–Crippen LogP) is 6.90. The summed E-state index contributed by atoms with van der Waals surface area (Å²) in [4.78, 5) is 47.7. The van der Waals surface area contributed by atoms with Crippen LogP contribution in [0.3, 0.4) is 0 Å². The first-order valence-corrected chi connectivity index (χ1v) is 16.1. The Labute approximate surface area is 284 Å². The van der Waals surface area contributed by atoms with Gasteiger partial charge in [-0.1, -0.05) is 97.1 Å². The number of rotatable bonds is 8. The molecular weight excluding hydrogens is 614 g/mol. The Bertz CT molecular complexity index is 2010. The summed E-state index contributed by atoms with van der Waals surface area (Å²) in [7, 11) is 4.72. The second kappa shape index (κ2) is 11.3. The van der Waals surface area contributed by atoms with E-state index in [4.69, 9.17) is 14.2 Å². The zero-order valence-electron chi connectivity index (χ0n) is 27.3. The molecule has 1 heterocycles. The van der Waals surface area contributed by atoms with Gasteiger partial charge in [-0.05, 0) is 69.8 Å². The van der Waals surface area contributed by atoms with Crippen LogP contribution in [0.15, 0.2) is 133 Å². The number of imide groups is 1. The smallest absolute Gasteiger partial charge is 0.239 e. The summed E-state index contributed by atoms with van der Waals surface area (Å²) in [6.07, 6.45) is 0. The van der Waals surface area contributed by atoms with Crippen molar-refractivity contribution in [3.63, 3.8) is 0 Å². The fourth-order valence-corrected chi connectivity index (χ4v) is 8.69. The first-order valence-electron chi connectivity index (χ1n) is 16.1. The minimum atomic E-state index is -1.52. The zero-order chi connectivity index (χ0) is 33.9. The fraction of sp³-hybridized carbons (Fsp3) is 0.167. The molecule has 0 aromatic heterocycles. The third-order valence-corrected chi connectivity index (χ3v) is 10.5. The number of carbonyl (C=O) groups is 3. The minimum Gasteiger partial charge on any atom is -0.497 e. The highest BCUT2D eigenvalue weighted by molar-refractivity contribution is 6.39. The lowest BCUT2D eigenvalue weighted by Crippen LogP contribution is -2.45. The van der Waals surface area contributed by atoms with Gasteiger partial charge in [0.2, 0.25) is 11.8 Å². The average Bonchev–Trinajstić information content (AvgIpc) is 3.67. The van der Waals surface area contributed by atoms with Gasteiger partial charge in [-0.3, -0.25) is 14.4 Å². The Morgan fingerprint density at radius 1 is 0.490 bits per heavy atom. The van der Waals surface area contributed by atoms with Gasteiger partial charge < -0.3 is 14.2 Å². The van der Waals surface area contributed by atoms with Gasteiger partial charge in [0.05, 0.1) is 49.7 Å². The van der Waals surface area contributed by atoms with Crippen LogP contribution in [-0.4, -0.2) is 38.9 Å². The molecule has 2 fully saturated rings. The summed E-state index contributed by atoms with van der Waals surface area (Å²) >= 11 is 0. The quantitative estimate of drug-likeness (QED) is 0.171. The molecule has 2 amide bonds. The summed E-state index contributed by atoms with van der Waals surface area (Å²) in [6.45, 7) is 0. The predicted molar refractivity (Wildman–Crippen MR) is 187 cm³/mol. The maximum atomic E-state index is 16.1. The summed E-state index contributed by atoms with van der Waals surface area (Å²) in [6, 6.07) is 41.1. The molecule has 242 valence electrons. The van der Waals surface area contributed by atoms with Crippen molar-refractivity contribution in [3.8, 4) is 17.2 Å². The standard InChI is InChI=1S/C42H33NO6/c1-47-30-22-18-26(19-23-30)34-35(27-20-24-31(48-2)25-21-27)42(29-14-8-5-9-15-29)37-36(41(34,40(42)46)28-12-6-4-7-13-28)38(44)43(39(37)45)32-16-10-11-17-33(32)49-3/h4-25,36-37H,1-3H3. The Hall–Kier alpha value is -5.95. The number of ether oxygens (including phenoxy) is 3. The number of para-hydroxylation sites is 2. The third-order valence-electron chi connectivity index (χ3n) is 10.5. The normalized spacial score (nSPS) is 24.0. The molecule has 1 saturated carbocycles. The number of ketones is 1. The molecule has 4 unspecified atom stereocenters. The molecule has 7 heteroatoms. The highest BCUT2D eigenvalue weighted by Gasteiger charge is 2.82. The minimum absolute atomic E-state index is 0.189. The molecule has 4 atom stereocenters. The third kappa shape index (κ3) is 3.93. The van der Waals surface area contributed by atoms with Gasteiger partial charge in [0.25, 0.3) is 0 Å². The molecule has 0 spiro atoms. The van der Waals surface area contributed by atoms with Crippen LogP contribution in [-0.2, 0) is 25.2 Å². The number of Topliss-reactive ketones (excluding diaryl/α,β-unsaturated/α-hetero) is 1. The lowest BCUT2D eigenvalue weighted by atomic mass is 9.59. The number of nitrogens with zero attached hydrogens (tertiary/aromatic N) is 1. The first kappa shape index (κ1) is 30.4. The van der Waals surface area contributed by atoms with Crippen LogP contribution < -0.4 is 19.1 Å². The van der Waals surface area contributed by atoms with E-state index < -0.39 is 34.5 Å². The monoisotopic (exact) mass is 647 g/mol. The maximum absolute atomic E-state index is 16.1. The van der Waals surface area contributed by atoms with Crippen molar-refractivity contribution in [2.45, 2.75) is 10.8 Å². The van der Waals surface area contributed by atoms with Gasteiger partial charge in [0.1, 0.15) is 17.2 Å². The molecule has 1 saturated heterocycles. The molecule has 7 nitrogen and oxygen atoms in total. The van der Waals surface area contributed by atoms with Crippen LogP contribution >= 0.6 is 0 Å². The van der Waals surface area contributed by atoms with Crippen LogP contribution in [0.2, 0.25) is 0 Å². The lowest BCUT2D eigenvalue weighted by Gasteiger charge is -2.39. The molecule has 2 bridgehead atoms. The number of hydrogen-bond acceptors (Lipinski definition) is 6. The van der Waals surface area contributed by atoms with E-state index in [0.717, 1.165) is 11.1 Å². The molecular formula is C42H33NO6. The van der Waals surface area contributed by atoms with Gasteiger partial charge in [-0.2, -0.15) is 0 Å². The summed E-state index contributed by atoms with van der Waals surface area (Å²) in [5, 5.41) is 0. The molecule has 0 N–H and O–H groups in total. The van der Waals surface area contributed by atoms with Crippen molar-refractivity contribution in [2.75, 3.05) is 26.2 Å². The lowest BCUT2D eigenvalue weighted by molar-refractivity contribution is -0.130. The largest absolute Gasteiger partial charge is 0.497 e. The van der Waals surface area contributed by atoms with Crippen LogP contribution in [0.5, 0.6) is 17.2 Å². The SMILES string of the molecule is COc1ccc(C2=C(c3ccc(OC)cc3)C3(c4ccccc4)C(=O)C2(c2ccccc2)C2C(=O)N(c4ccccc4OC)C(=O)C23)cc1. The highest BCUT2D eigenvalue weighted by Crippen LogP contribution is 2.74. The van der Waals surface area contributed by atoms with Crippen molar-refractivity contribution in [1.29, 1.82) is 0 Å². The van der Waals surface area contributed by atoms with Crippen LogP contribution in [0, 0.1) is 11.8 Å². The van der Waals surface area contributed by atoms with E-state index in [9.17, 15) is 0 Å². The molecule has 1 aliphatic heterocycles. The molecule has 0 radical (unpaired) electrons. The van der Waals surface area contributed by atoms with E-state index in [0.29, 0.717) is 45.2 Å². The number of carbonyl (C=O) groups excluding carboxylic acids is 3. The number of amides is 2.